The van der Waals surface area contributed by atoms with Crippen LogP contribution in [0, 0.1) is 0 Å². The lowest BCUT2D eigenvalue weighted by molar-refractivity contribution is 0.553. The lowest BCUT2D eigenvalue weighted by atomic mass is 10.2. The maximum Gasteiger partial charge on any atom is 0.169 e. The molecular weight excluding hydrogens is 276 g/mol. The summed E-state index contributed by atoms with van der Waals surface area (Å²) in [4.78, 5) is 4.44. The van der Waals surface area contributed by atoms with Crippen LogP contribution in [0.25, 0.3) is 11.5 Å². The van der Waals surface area contributed by atoms with Gasteiger partial charge in [-0.1, -0.05) is 6.92 Å². The van der Waals surface area contributed by atoms with Gasteiger partial charge in [-0.2, -0.15) is 0 Å². The fraction of sp³-hybridized carbons (Fsp3) is 0.300. The fourth-order valence-electron chi connectivity index (χ4n) is 1.20. The highest BCUT2D eigenvalue weighted by Crippen LogP contribution is 2.28. The van der Waals surface area contributed by atoms with Crippen LogP contribution in [0.15, 0.2) is 26.6 Å². The average molecular weight is 287 g/mol. The standard InChI is InChI=1S/C10H11BrN2OS/c1-2-6(12)10-13-7(5-15-10)8-3-4-9(11)14-8/h3-6H,2,12H2,1H3. The van der Waals surface area contributed by atoms with Gasteiger partial charge in [-0.05, 0) is 34.5 Å². The van der Waals surface area contributed by atoms with Crippen LogP contribution in [-0.4, -0.2) is 4.98 Å². The first-order chi connectivity index (χ1) is 7.20. The molecule has 0 radical (unpaired) electrons. The quantitative estimate of drug-likeness (QED) is 0.938. The summed E-state index contributed by atoms with van der Waals surface area (Å²) in [6, 6.07) is 3.77. The van der Waals surface area contributed by atoms with Gasteiger partial charge in [0, 0.05) is 5.38 Å². The molecule has 2 rings (SSSR count). The SMILES string of the molecule is CCC(N)c1nc(-c2ccc(Br)o2)cs1. The minimum atomic E-state index is 0.0298. The van der Waals surface area contributed by atoms with E-state index < -0.39 is 0 Å². The molecule has 2 N–H and O–H groups in total. The molecule has 0 saturated carbocycles. The molecule has 0 fully saturated rings. The molecule has 0 saturated heterocycles. The molecule has 0 aliphatic carbocycles. The number of hydrogen-bond acceptors (Lipinski definition) is 4. The summed E-state index contributed by atoms with van der Waals surface area (Å²) in [5, 5.41) is 2.93. The summed E-state index contributed by atoms with van der Waals surface area (Å²) in [6.07, 6.45) is 0.898. The lowest BCUT2D eigenvalue weighted by Crippen LogP contribution is -2.07. The largest absolute Gasteiger partial charge is 0.448 e. The van der Waals surface area contributed by atoms with E-state index in [1.165, 1.54) is 0 Å². The van der Waals surface area contributed by atoms with Crippen LogP contribution in [0.1, 0.15) is 24.4 Å². The van der Waals surface area contributed by atoms with E-state index in [2.05, 4.69) is 27.8 Å². The van der Waals surface area contributed by atoms with Gasteiger partial charge in [-0.3, -0.25) is 0 Å². The third-order valence-corrected chi connectivity index (χ3v) is 3.51. The number of halogens is 1. The van der Waals surface area contributed by atoms with Crippen LogP contribution in [-0.2, 0) is 0 Å². The number of thiazole rings is 1. The topological polar surface area (TPSA) is 52.0 Å². The van der Waals surface area contributed by atoms with Crippen molar-refractivity contribution in [3.63, 3.8) is 0 Å². The summed E-state index contributed by atoms with van der Waals surface area (Å²) in [5.41, 5.74) is 6.75. The number of aromatic nitrogens is 1. The zero-order chi connectivity index (χ0) is 10.8. The molecule has 2 aromatic heterocycles. The Kier molecular flexibility index (Phi) is 3.23. The van der Waals surface area contributed by atoms with Crippen LogP contribution in [0.5, 0.6) is 0 Å². The van der Waals surface area contributed by atoms with Crippen LogP contribution < -0.4 is 5.73 Å². The van der Waals surface area contributed by atoms with E-state index >= 15 is 0 Å². The van der Waals surface area contributed by atoms with E-state index in [1.807, 2.05) is 17.5 Å². The normalized spacial score (nSPS) is 13.0. The molecule has 0 aliphatic rings. The highest BCUT2D eigenvalue weighted by Gasteiger charge is 2.12. The van der Waals surface area contributed by atoms with Gasteiger partial charge in [-0.25, -0.2) is 4.98 Å². The number of hydrogen-bond donors (Lipinski definition) is 1. The van der Waals surface area contributed by atoms with Gasteiger partial charge in [0.15, 0.2) is 10.4 Å². The zero-order valence-electron chi connectivity index (χ0n) is 8.24. The molecule has 2 aromatic rings. The molecule has 0 spiro atoms. The van der Waals surface area contributed by atoms with Gasteiger partial charge in [-0.15, -0.1) is 11.3 Å². The molecular formula is C10H11BrN2OS. The van der Waals surface area contributed by atoms with Crippen molar-refractivity contribution in [3.05, 3.63) is 27.2 Å². The van der Waals surface area contributed by atoms with Crippen molar-refractivity contribution < 1.29 is 4.42 Å². The Balaban J connectivity index is 2.27. The Hall–Kier alpha value is -0.650. The number of nitrogens with zero attached hydrogens (tertiary/aromatic N) is 1. The van der Waals surface area contributed by atoms with Crippen molar-refractivity contribution >= 4 is 27.3 Å². The highest BCUT2D eigenvalue weighted by molar-refractivity contribution is 9.10. The summed E-state index contributed by atoms with van der Waals surface area (Å²) in [7, 11) is 0. The zero-order valence-corrected chi connectivity index (χ0v) is 10.6. The van der Waals surface area contributed by atoms with Gasteiger partial charge in [0.2, 0.25) is 0 Å². The van der Waals surface area contributed by atoms with Crippen LogP contribution in [0.3, 0.4) is 0 Å². The van der Waals surface area contributed by atoms with Crippen LogP contribution in [0.2, 0.25) is 0 Å². The first kappa shape index (κ1) is 10.9. The maximum atomic E-state index is 5.90. The van der Waals surface area contributed by atoms with Crippen molar-refractivity contribution in [1.82, 2.24) is 4.98 Å². The van der Waals surface area contributed by atoms with Crippen LogP contribution >= 0.6 is 27.3 Å². The van der Waals surface area contributed by atoms with Crippen molar-refractivity contribution in [1.29, 1.82) is 0 Å². The summed E-state index contributed by atoms with van der Waals surface area (Å²) >= 11 is 4.84. The smallest absolute Gasteiger partial charge is 0.169 e. The molecule has 3 nitrogen and oxygen atoms in total. The van der Waals surface area contributed by atoms with Gasteiger partial charge < -0.3 is 10.2 Å². The molecule has 1 unspecified atom stereocenters. The number of nitrogens with two attached hydrogens (primary N) is 1. The Morgan fingerprint density at radius 1 is 1.60 bits per heavy atom. The molecule has 0 bridgehead atoms. The molecule has 1 atom stereocenters. The van der Waals surface area contributed by atoms with Gasteiger partial charge in [0.25, 0.3) is 0 Å². The summed E-state index contributed by atoms with van der Waals surface area (Å²) < 4.78 is 6.13. The molecule has 0 aromatic carbocycles. The predicted molar refractivity (Wildman–Crippen MR) is 64.7 cm³/mol. The molecule has 80 valence electrons. The van der Waals surface area contributed by atoms with Gasteiger partial charge in [0.05, 0.1) is 6.04 Å². The predicted octanol–water partition coefficient (Wildman–Crippen LogP) is 3.58. The number of rotatable bonds is 3. The molecule has 5 heteroatoms. The molecule has 0 amide bonds. The average Bonchev–Trinajstić information content (AvgIpc) is 2.84. The molecule has 15 heavy (non-hydrogen) atoms. The third-order valence-electron chi connectivity index (χ3n) is 2.10. The molecule has 0 aliphatic heterocycles. The van der Waals surface area contributed by atoms with Crippen molar-refractivity contribution in [2.24, 2.45) is 5.73 Å². The lowest BCUT2D eigenvalue weighted by Gasteiger charge is -2.01. The Bertz CT molecular complexity index is 452. The molecule has 2 heterocycles. The van der Waals surface area contributed by atoms with Crippen molar-refractivity contribution in [2.45, 2.75) is 19.4 Å². The number of furan rings is 1. The summed E-state index contributed by atoms with van der Waals surface area (Å²) in [6.45, 7) is 2.05. The second kappa shape index (κ2) is 4.47. The van der Waals surface area contributed by atoms with E-state index in [-0.39, 0.29) is 6.04 Å². The van der Waals surface area contributed by atoms with E-state index in [4.69, 9.17) is 10.2 Å². The van der Waals surface area contributed by atoms with E-state index in [9.17, 15) is 0 Å². The minimum Gasteiger partial charge on any atom is -0.448 e. The van der Waals surface area contributed by atoms with E-state index in [0.29, 0.717) is 4.67 Å². The maximum absolute atomic E-state index is 5.90. The Morgan fingerprint density at radius 2 is 2.40 bits per heavy atom. The first-order valence-corrected chi connectivity index (χ1v) is 6.34. The van der Waals surface area contributed by atoms with E-state index in [1.54, 1.807) is 11.3 Å². The van der Waals surface area contributed by atoms with Crippen molar-refractivity contribution in [3.8, 4) is 11.5 Å². The third kappa shape index (κ3) is 2.30. The van der Waals surface area contributed by atoms with Gasteiger partial charge >= 0.3 is 0 Å². The highest BCUT2D eigenvalue weighted by atomic mass is 79.9. The van der Waals surface area contributed by atoms with E-state index in [0.717, 1.165) is 22.9 Å². The first-order valence-electron chi connectivity index (χ1n) is 4.67. The second-order valence-electron chi connectivity index (χ2n) is 3.19. The Morgan fingerprint density at radius 3 is 3.00 bits per heavy atom. The summed E-state index contributed by atoms with van der Waals surface area (Å²) in [5.74, 6) is 0.771. The van der Waals surface area contributed by atoms with Crippen molar-refractivity contribution in [2.75, 3.05) is 0 Å². The van der Waals surface area contributed by atoms with Crippen LogP contribution in [0.4, 0.5) is 0 Å². The van der Waals surface area contributed by atoms with Gasteiger partial charge in [0.1, 0.15) is 10.7 Å². The second-order valence-corrected chi connectivity index (χ2v) is 4.86. The fourth-order valence-corrected chi connectivity index (χ4v) is 2.40. The minimum absolute atomic E-state index is 0.0298. The monoisotopic (exact) mass is 286 g/mol. The Labute approximate surface area is 100 Å².